The zero-order valence-electron chi connectivity index (χ0n) is 13.7. The minimum atomic E-state index is 0.451. The monoisotopic (exact) mass is 271 g/mol. The Hall–Kier alpha value is -0.820. The maximum atomic E-state index is 3.95. The molecule has 1 N–H and O–H groups in total. The Morgan fingerprint density at radius 2 is 2.00 bits per heavy atom. The van der Waals surface area contributed by atoms with Gasteiger partial charge in [0.1, 0.15) is 0 Å². The van der Waals surface area contributed by atoms with Gasteiger partial charge in [0.05, 0.1) is 0 Å². The first-order valence-corrected chi connectivity index (χ1v) is 8.17. The van der Waals surface area contributed by atoms with E-state index in [1.54, 1.807) is 0 Å². The molecule has 0 aromatic heterocycles. The Morgan fingerprint density at radius 3 is 2.55 bits per heavy atom. The molecule has 0 aliphatic heterocycles. The number of hydrogen-bond acceptors (Lipinski definition) is 1. The zero-order valence-corrected chi connectivity index (χ0v) is 13.7. The van der Waals surface area contributed by atoms with Crippen molar-refractivity contribution in [3.8, 4) is 0 Å². The molecule has 2 aliphatic carbocycles. The van der Waals surface area contributed by atoms with Gasteiger partial charge in [-0.1, -0.05) is 50.6 Å². The molecule has 2 saturated carbocycles. The van der Waals surface area contributed by atoms with Crippen molar-refractivity contribution in [2.45, 2.75) is 66.0 Å². The largest absolute Gasteiger partial charge is 0.307 e. The lowest BCUT2D eigenvalue weighted by molar-refractivity contribution is 0.116. The molecule has 110 valence electrons. The third-order valence-electron chi connectivity index (χ3n) is 6.79. The van der Waals surface area contributed by atoms with Gasteiger partial charge < -0.3 is 5.32 Å². The van der Waals surface area contributed by atoms with E-state index in [0.29, 0.717) is 22.9 Å². The molecular weight excluding hydrogens is 242 g/mol. The van der Waals surface area contributed by atoms with Gasteiger partial charge in [-0.2, -0.15) is 0 Å². The summed E-state index contributed by atoms with van der Waals surface area (Å²) >= 11 is 0. The second kappa shape index (κ2) is 4.59. The van der Waals surface area contributed by atoms with Gasteiger partial charge in [-0.05, 0) is 55.4 Å². The van der Waals surface area contributed by atoms with Crippen LogP contribution in [0.5, 0.6) is 0 Å². The first-order valence-electron chi connectivity index (χ1n) is 8.17. The molecule has 0 amide bonds. The Bertz CT molecular complexity index is 504. The molecule has 2 bridgehead atoms. The zero-order chi connectivity index (χ0) is 14.5. The second-order valence-corrected chi connectivity index (χ2v) is 7.97. The third kappa shape index (κ3) is 1.94. The van der Waals surface area contributed by atoms with E-state index in [1.165, 1.54) is 30.4 Å². The average Bonchev–Trinajstić information content (AvgIpc) is 2.72. The summed E-state index contributed by atoms with van der Waals surface area (Å²) in [5.41, 5.74) is 3.75. The first-order chi connectivity index (χ1) is 9.34. The lowest BCUT2D eigenvalue weighted by Crippen LogP contribution is -2.45. The van der Waals surface area contributed by atoms with Crippen LogP contribution >= 0.6 is 0 Å². The van der Waals surface area contributed by atoms with Crippen LogP contribution in [0, 0.1) is 23.7 Å². The smallest absolute Gasteiger partial charge is 0.0294 e. The van der Waals surface area contributed by atoms with Gasteiger partial charge in [-0.15, -0.1) is 0 Å². The fourth-order valence-electron chi connectivity index (χ4n) is 4.79. The Morgan fingerprint density at radius 1 is 1.25 bits per heavy atom. The highest BCUT2D eigenvalue weighted by molar-refractivity contribution is 5.25. The summed E-state index contributed by atoms with van der Waals surface area (Å²) in [4.78, 5) is 0. The van der Waals surface area contributed by atoms with Crippen molar-refractivity contribution in [2.75, 3.05) is 0 Å². The van der Waals surface area contributed by atoms with Crippen LogP contribution in [0.25, 0.3) is 0 Å². The van der Waals surface area contributed by atoms with E-state index in [2.05, 4.69) is 64.2 Å². The van der Waals surface area contributed by atoms with Crippen molar-refractivity contribution in [1.29, 1.82) is 0 Å². The number of rotatable bonds is 3. The normalized spacial score (nSPS) is 36.2. The topological polar surface area (TPSA) is 12.0 Å². The van der Waals surface area contributed by atoms with E-state index in [4.69, 9.17) is 0 Å². The minimum absolute atomic E-state index is 0.451. The van der Waals surface area contributed by atoms with Crippen molar-refractivity contribution in [3.05, 3.63) is 35.4 Å². The molecule has 1 heteroatoms. The Balaban J connectivity index is 1.76. The van der Waals surface area contributed by atoms with Gasteiger partial charge in [0, 0.05) is 12.1 Å². The molecule has 0 radical (unpaired) electrons. The van der Waals surface area contributed by atoms with Gasteiger partial charge in [0.25, 0.3) is 0 Å². The SMILES string of the molecule is Cc1cccc([C@H](C)NC2CC3CCC2(C)C3(C)C)c1. The van der Waals surface area contributed by atoms with Gasteiger partial charge in [0.2, 0.25) is 0 Å². The predicted octanol–water partition coefficient (Wildman–Crippen LogP) is 4.86. The molecule has 20 heavy (non-hydrogen) atoms. The lowest BCUT2D eigenvalue weighted by Gasteiger charge is -2.40. The van der Waals surface area contributed by atoms with Crippen LogP contribution < -0.4 is 5.32 Å². The fourth-order valence-corrected chi connectivity index (χ4v) is 4.79. The Labute approximate surface area is 124 Å². The van der Waals surface area contributed by atoms with Gasteiger partial charge >= 0.3 is 0 Å². The van der Waals surface area contributed by atoms with Crippen LogP contribution in [0.15, 0.2) is 24.3 Å². The van der Waals surface area contributed by atoms with E-state index >= 15 is 0 Å². The minimum Gasteiger partial charge on any atom is -0.307 e. The summed E-state index contributed by atoms with van der Waals surface area (Å²) < 4.78 is 0. The molecular formula is C19H29N. The van der Waals surface area contributed by atoms with Gasteiger partial charge in [-0.3, -0.25) is 0 Å². The Kier molecular flexibility index (Phi) is 3.25. The molecule has 2 aliphatic rings. The molecule has 0 spiro atoms. The first kappa shape index (κ1) is 14.1. The van der Waals surface area contributed by atoms with Crippen molar-refractivity contribution in [1.82, 2.24) is 5.32 Å². The summed E-state index contributed by atoms with van der Waals surface area (Å²) in [5.74, 6) is 0.912. The highest BCUT2D eigenvalue weighted by Crippen LogP contribution is 2.65. The van der Waals surface area contributed by atoms with E-state index in [9.17, 15) is 0 Å². The summed E-state index contributed by atoms with van der Waals surface area (Å²) in [6.07, 6.45) is 4.18. The summed E-state index contributed by atoms with van der Waals surface area (Å²) in [7, 11) is 0. The quantitative estimate of drug-likeness (QED) is 0.827. The predicted molar refractivity (Wildman–Crippen MR) is 85.7 cm³/mol. The van der Waals surface area contributed by atoms with Gasteiger partial charge in [0.15, 0.2) is 0 Å². The molecule has 1 nitrogen and oxygen atoms in total. The summed E-state index contributed by atoms with van der Waals surface area (Å²) in [5, 5.41) is 3.95. The standard InChI is InChI=1S/C19H29N/c1-13-7-6-8-15(11-13)14(2)20-17-12-16-9-10-19(17,5)18(16,3)4/h6-8,11,14,16-17,20H,9-10,12H2,1-5H3/t14-,16?,17?,19?/m0/s1. The van der Waals surface area contributed by atoms with Crippen LogP contribution in [0.3, 0.4) is 0 Å². The van der Waals surface area contributed by atoms with E-state index < -0.39 is 0 Å². The van der Waals surface area contributed by atoms with E-state index in [0.717, 1.165) is 5.92 Å². The molecule has 3 rings (SSSR count). The maximum absolute atomic E-state index is 3.95. The van der Waals surface area contributed by atoms with Crippen LogP contribution in [-0.2, 0) is 0 Å². The van der Waals surface area contributed by atoms with Gasteiger partial charge in [-0.25, -0.2) is 0 Å². The molecule has 1 aromatic rings. The maximum Gasteiger partial charge on any atom is 0.0294 e. The molecule has 2 fully saturated rings. The van der Waals surface area contributed by atoms with Crippen LogP contribution in [-0.4, -0.2) is 6.04 Å². The fraction of sp³-hybridized carbons (Fsp3) is 0.684. The van der Waals surface area contributed by atoms with Crippen molar-refractivity contribution >= 4 is 0 Å². The number of fused-ring (bicyclic) bond motifs is 2. The highest BCUT2D eigenvalue weighted by Gasteiger charge is 2.61. The molecule has 0 heterocycles. The van der Waals surface area contributed by atoms with Crippen LogP contribution in [0.1, 0.15) is 64.1 Å². The highest BCUT2D eigenvalue weighted by atomic mass is 15.0. The molecule has 1 aromatic carbocycles. The second-order valence-electron chi connectivity index (χ2n) is 7.97. The third-order valence-corrected chi connectivity index (χ3v) is 6.79. The van der Waals surface area contributed by atoms with Crippen molar-refractivity contribution in [2.24, 2.45) is 16.7 Å². The van der Waals surface area contributed by atoms with Crippen LogP contribution in [0.2, 0.25) is 0 Å². The molecule has 3 unspecified atom stereocenters. The summed E-state index contributed by atoms with van der Waals surface area (Å²) in [6.45, 7) is 12.0. The summed E-state index contributed by atoms with van der Waals surface area (Å²) in [6, 6.07) is 10.1. The van der Waals surface area contributed by atoms with Crippen molar-refractivity contribution < 1.29 is 0 Å². The van der Waals surface area contributed by atoms with Crippen LogP contribution in [0.4, 0.5) is 0 Å². The molecule has 0 saturated heterocycles. The number of aryl methyl sites for hydroxylation is 1. The average molecular weight is 271 g/mol. The van der Waals surface area contributed by atoms with E-state index in [1.807, 2.05) is 0 Å². The lowest BCUT2D eigenvalue weighted by atomic mass is 9.69. The van der Waals surface area contributed by atoms with Crippen molar-refractivity contribution in [3.63, 3.8) is 0 Å². The van der Waals surface area contributed by atoms with E-state index in [-0.39, 0.29) is 0 Å². The molecule has 4 atom stereocenters. The number of hydrogen-bond donors (Lipinski definition) is 1. The number of benzene rings is 1. The number of nitrogens with one attached hydrogen (secondary N) is 1.